The van der Waals surface area contributed by atoms with E-state index in [0.717, 1.165) is 18.7 Å². The van der Waals surface area contributed by atoms with E-state index in [2.05, 4.69) is 25.7 Å². The average molecular weight is 525 g/mol. The largest absolute Gasteiger partial charge is 0.507 e. The third-order valence-corrected chi connectivity index (χ3v) is 7.01. The van der Waals surface area contributed by atoms with Gasteiger partial charge in [-0.1, -0.05) is 46.8 Å². The van der Waals surface area contributed by atoms with Crippen LogP contribution in [0.4, 0.5) is 0 Å². The summed E-state index contributed by atoms with van der Waals surface area (Å²) in [6, 6.07) is 9.36. The summed E-state index contributed by atoms with van der Waals surface area (Å²) < 4.78 is 11.1. The van der Waals surface area contributed by atoms with Gasteiger partial charge in [-0.3, -0.25) is 9.59 Å². The summed E-state index contributed by atoms with van der Waals surface area (Å²) in [5.41, 5.74) is 1.59. The number of aliphatic hydroxyl groups excluding tert-OH is 1. The Kier molecular flexibility index (Phi) is 9.09. The van der Waals surface area contributed by atoms with Crippen LogP contribution in [-0.4, -0.2) is 71.6 Å². The first-order chi connectivity index (χ1) is 18.0. The van der Waals surface area contributed by atoms with Crippen molar-refractivity contribution < 1.29 is 29.3 Å². The number of methoxy groups -OCH3 is 1. The highest BCUT2D eigenvalue weighted by molar-refractivity contribution is 6.46. The van der Waals surface area contributed by atoms with Crippen LogP contribution >= 0.6 is 0 Å². The van der Waals surface area contributed by atoms with Crippen molar-refractivity contribution in [1.82, 2.24) is 9.80 Å². The van der Waals surface area contributed by atoms with Crippen LogP contribution in [0.15, 0.2) is 42.0 Å². The van der Waals surface area contributed by atoms with Gasteiger partial charge in [0.1, 0.15) is 11.5 Å². The molecular formula is C30H40N2O6. The number of aromatic hydroxyl groups is 1. The Hall–Kier alpha value is -3.52. The molecule has 8 nitrogen and oxygen atoms in total. The fourth-order valence-corrected chi connectivity index (χ4v) is 4.72. The van der Waals surface area contributed by atoms with Crippen LogP contribution in [0.3, 0.4) is 0 Å². The van der Waals surface area contributed by atoms with Crippen LogP contribution in [-0.2, 0) is 15.0 Å². The second-order valence-electron chi connectivity index (χ2n) is 10.3. The fourth-order valence-electron chi connectivity index (χ4n) is 4.72. The summed E-state index contributed by atoms with van der Waals surface area (Å²) in [5.74, 6) is -1.15. The van der Waals surface area contributed by atoms with Crippen LogP contribution in [0.2, 0.25) is 0 Å². The summed E-state index contributed by atoms with van der Waals surface area (Å²) >= 11 is 0. The highest BCUT2D eigenvalue weighted by atomic mass is 16.5. The molecule has 206 valence electrons. The maximum absolute atomic E-state index is 13.5. The topological polar surface area (TPSA) is 99.5 Å². The Labute approximate surface area is 225 Å². The van der Waals surface area contributed by atoms with Gasteiger partial charge in [-0.15, -0.1) is 0 Å². The van der Waals surface area contributed by atoms with Crippen LogP contribution in [0.1, 0.15) is 64.3 Å². The molecule has 1 amide bonds. The third kappa shape index (κ3) is 5.80. The van der Waals surface area contributed by atoms with E-state index in [0.29, 0.717) is 30.0 Å². The Morgan fingerprint density at radius 2 is 1.71 bits per heavy atom. The summed E-state index contributed by atoms with van der Waals surface area (Å²) in [4.78, 5) is 30.6. The monoisotopic (exact) mass is 524 g/mol. The molecule has 8 heteroatoms. The van der Waals surface area contributed by atoms with E-state index >= 15 is 0 Å². The molecule has 1 atom stereocenters. The second-order valence-corrected chi connectivity index (χ2v) is 10.3. The number of likely N-dealkylation sites (tertiary alicyclic amines) is 1. The van der Waals surface area contributed by atoms with Crippen LogP contribution in [0.5, 0.6) is 17.2 Å². The van der Waals surface area contributed by atoms with E-state index < -0.39 is 17.7 Å². The van der Waals surface area contributed by atoms with Gasteiger partial charge in [0, 0.05) is 13.1 Å². The van der Waals surface area contributed by atoms with Gasteiger partial charge in [-0.2, -0.15) is 0 Å². The zero-order valence-electron chi connectivity index (χ0n) is 23.5. The first-order valence-corrected chi connectivity index (χ1v) is 13.1. The van der Waals surface area contributed by atoms with Crippen molar-refractivity contribution in [2.75, 3.05) is 39.9 Å². The smallest absolute Gasteiger partial charge is 0.295 e. The lowest BCUT2D eigenvalue weighted by Crippen LogP contribution is -2.38. The maximum Gasteiger partial charge on any atom is 0.295 e. The van der Waals surface area contributed by atoms with Crippen molar-refractivity contribution >= 4 is 17.4 Å². The van der Waals surface area contributed by atoms with Crippen molar-refractivity contribution in [1.29, 1.82) is 0 Å². The maximum atomic E-state index is 13.5. The number of rotatable bonds is 10. The molecule has 0 spiro atoms. The molecule has 0 saturated carbocycles. The Morgan fingerprint density at radius 1 is 1.03 bits per heavy atom. The van der Waals surface area contributed by atoms with Gasteiger partial charge in [-0.25, -0.2) is 0 Å². The molecule has 1 aliphatic heterocycles. The van der Waals surface area contributed by atoms with Gasteiger partial charge in [0.05, 0.1) is 30.9 Å². The number of benzene rings is 2. The Bertz CT molecular complexity index is 1210. The normalized spacial score (nSPS) is 17.4. The van der Waals surface area contributed by atoms with Crippen molar-refractivity contribution in [3.05, 3.63) is 58.7 Å². The molecule has 0 aliphatic carbocycles. The van der Waals surface area contributed by atoms with Crippen molar-refractivity contribution in [2.45, 2.75) is 53.0 Å². The molecular weight excluding hydrogens is 484 g/mol. The lowest BCUT2D eigenvalue weighted by atomic mass is 9.85. The SMILES string of the molecule is CCOc1cc(C2/C(=C(\O)c3cc(C(C)(C)C)ccc3OC)C(=O)C(=O)N2CCN(CC)CC)ccc1O. The summed E-state index contributed by atoms with van der Waals surface area (Å²) in [6.45, 7) is 14.8. The predicted molar refractivity (Wildman–Crippen MR) is 148 cm³/mol. The van der Waals surface area contributed by atoms with Gasteiger partial charge in [0.25, 0.3) is 11.7 Å². The van der Waals surface area contributed by atoms with E-state index in [-0.39, 0.29) is 34.8 Å². The van der Waals surface area contributed by atoms with Crippen LogP contribution in [0.25, 0.3) is 5.76 Å². The van der Waals surface area contributed by atoms with Crippen LogP contribution < -0.4 is 9.47 Å². The fraction of sp³-hybridized carbons (Fsp3) is 0.467. The number of aliphatic hydroxyl groups is 1. The molecule has 0 aromatic heterocycles. The highest BCUT2D eigenvalue weighted by Gasteiger charge is 2.46. The number of likely N-dealkylation sites (N-methyl/N-ethyl adjacent to an activating group) is 1. The summed E-state index contributed by atoms with van der Waals surface area (Å²) in [6.07, 6.45) is 0. The number of amides is 1. The number of phenolic OH excluding ortho intramolecular Hbond substituents is 1. The van der Waals surface area contributed by atoms with E-state index in [1.165, 1.54) is 18.1 Å². The number of carbonyl (C=O) groups excluding carboxylic acids is 2. The van der Waals surface area contributed by atoms with E-state index in [9.17, 15) is 19.8 Å². The lowest BCUT2D eigenvalue weighted by Gasteiger charge is -2.28. The Balaban J connectivity index is 2.25. The number of phenols is 1. The number of carbonyl (C=O) groups is 2. The molecule has 1 unspecified atom stereocenters. The number of ether oxygens (including phenoxy) is 2. The number of nitrogens with zero attached hydrogens (tertiary/aromatic N) is 2. The van der Waals surface area contributed by atoms with Gasteiger partial charge in [-0.05, 0) is 60.8 Å². The summed E-state index contributed by atoms with van der Waals surface area (Å²) in [5, 5.41) is 22.0. The number of Topliss-reactive ketones (excluding diaryl/α,β-unsaturated/α-hetero) is 1. The van der Waals surface area contributed by atoms with Crippen molar-refractivity contribution in [3.8, 4) is 17.2 Å². The molecule has 3 rings (SSSR count). The minimum atomic E-state index is -0.867. The molecule has 1 fully saturated rings. The molecule has 1 aliphatic rings. The average Bonchev–Trinajstić information content (AvgIpc) is 3.14. The molecule has 0 bridgehead atoms. The molecule has 38 heavy (non-hydrogen) atoms. The first-order valence-electron chi connectivity index (χ1n) is 13.1. The van der Waals surface area contributed by atoms with Crippen LogP contribution in [0, 0.1) is 0 Å². The first kappa shape index (κ1) is 29.0. The number of hydrogen-bond donors (Lipinski definition) is 2. The van der Waals surface area contributed by atoms with Gasteiger partial charge in [0.15, 0.2) is 11.5 Å². The van der Waals surface area contributed by atoms with E-state index in [1.807, 2.05) is 19.9 Å². The number of hydrogen-bond acceptors (Lipinski definition) is 7. The van der Waals surface area contributed by atoms with Crippen molar-refractivity contribution in [2.24, 2.45) is 0 Å². The van der Waals surface area contributed by atoms with Gasteiger partial charge < -0.3 is 29.5 Å². The van der Waals surface area contributed by atoms with E-state index in [1.54, 1.807) is 31.2 Å². The lowest BCUT2D eigenvalue weighted by molar-refractivity contribution is -0.140. The zero-order valence-corrected chi connectivity index (χ0v) is 23.5. The Morgan fingerprint density at radius 3 is 2.29 bits per heavy atom. The molecule has 0 radical (unpaired) electrons. The molecule has 1 heterocycles. The van der Waals surface area contributed by atoms with Gasteiger partial charge in [0.2, 0.25) is 0 Å². The highest BCUT2D eigenvalue weighted by Crippen LogP contribution is 2.43. The minimum Gasteiger partial charge on any atom is -0.507 e. The van der Waals surface area contributed by atoms with Crippen molar-refractivity contribution in [3.63, 3.8) is 0 Å². The minimum absolute atomic E-state index is 0.0213. The molecule has 2 aromatic carbocycles. The van der Waals surface area contributed by atoms with Gasteiger partial charge >= 0.3 is 0 Å². The standard InChI is InChI=1S/C30H40N2O6/c1-8-31(9-2)15-16-32-26(19-11-13-22(33)24(17-19)38-10-3)25(28(35)29(32)36)27(34)21-18-20(30(4,5)6)12-14-23(21)37-7/h11-14,17-18,26,33-34H,8-10,15-16H2,1-7H3/b27-25+. The summed E-state index contributed by atoms with van der Waals surface area (Å²) in [7, 11) is 1.50. The predicted octanol–water partition coefficient (Wildman–Crippen LogP) is 4.86. The second kappa shape index (κ2) is 11.9. The third-order valence-electron chi connectivity index (χ3n) is 7.01. The molecule has 1 saturated heterocycles. The zero-order chi connectivity index (χ0) is 28.2. The number of ketones is 1. The molecule has 2 aromatic rings. The van der Waals surface area contributed by atoms with E-state index in [4.69, 9.17) is 9.47 Å². The molecule has 2 N–H and O–H groups in total. The quantitative estimate of drug-likeness (QED) is 0.260.